The number of aryl methyl sites for hydroxylation is 1. The van der Waals surface area contributed by atoms with Gasteiger partial charge >= 0.3 is 0 Å². The molecule has 0 atom stereocenters. The second-order valence-electron chi connectivity index (χ2n) is 4.97. The van der Waals surface area contributed by atoms with E-state index in [-0.39, 0.29) is 18.5 Å². The fraction of sp³-hybridized carbons (Fsp3) is 0.214. The lowest BCUT2D eigenvalue weighted by molar-refractivity contribution is -0.113. The van der Waals surface area contributed by atoms with Crippen molar-refractivity contribution in [1.29, 1.82) is 0 Å². The first-order chi connectivity index (χ1) is 11.7. The molecule has 0 bridgehead atoms. The molecule has 0 radical (unpaired) electrons. The lowest BCUT2D eigenvalue weighted by Gasteiger charge is -2.06. The molecular formula is C14H12N6O3S. The third kappa shape index (κ3) is 2.71. The minimum Gasteiger partial charge on any atom is -0.454 e. The number of aromatic nitrogens is 5. The molecule has 10 heteroatoms. The van der Waals surface area contributed by atoms with E-state index in [1.54, 1.807) is 29.9 Å². The summed E-state index contributed by atoms with van der Waals surface area (Å²) in [5.41, 5.74) is 1.86. The summed E-state index contributed by atoms with van der Waals surface area (Å²) in [4.78, 5) is 20.4. The molecule has 1 amide bonds. The number of carbonyl (C=O) groups excluding carboxylic acids is 1. The van der Waals surface area contributed by atoms with Crippen LogP contribution in [0.5, 0.6) is 11.5 Å². The van der Waals surface area contributed by atoms with Gasteiger partial charge < -0.3 is 14.8 Å². The Balaban J connectivity index is 1.43. The maximum atomic E-state index is 12.1. The van der Waals surface area contributed by atoms with Gasteiger partial charge in [-0.1, -0.05) is 17.0 Å². The summed E-state index contributed by atoms with van der Waals surface area (Å²) in [5.74, 6) is 1.33. The van der Waals surface area contributed by atoms with Crippen LogP contribution in [0.4, 0.5) is 5.69 Å². The first kappa shape index (κ1) is 14.7. The maximum Gasteiger partial charge on any atom is 0.234 e. The molecular weight excluding hydrogens is 332 g/mol. The Kier molecular flexibility index (Phi) is 3.65. The number of nitrogens with zero attached hydrogens (tertiary/aromatic N) is 5. The molecule has 0 saturated heterocycles. The number of carbonyl (C=O) groups is 1. The average Bonchev–Trinajstić information content (AvgIpc) is 3.20. The zero-order valence-electron chi connectivity index (χ0n) is 12.6. The number of fused-ring (bicyclic) bond motifs is 2. The van der Waals surface area contributed by atoms with E-state index in [4.69, 9.17) is 9.47 Å². The quantitative estimate of drug-likeness (QED) is 0.556. The van der Waals surface area contributed by atoms with Crippen LogP contribution in [-0.4, -0.2) is 43.4 Å². The van der Waals surface area contributed by atoms with Crippen molar-refractivity contribution >= 4 is 34.5 Å². The standard InChI is InChI=1S/C14H12N6O3S/c1-20-13-12(18-19-20)14(16-6-15-13)24-5-11(21)17-8-2-3-9-10(4-8)23-7-22-9/h2-4,6H,5,7H2,1H3,(H,17,21). The SMILES string of the molecule is Cn1nnc2c(SCC(=O)Nc3ccc4c(c3)OCO4)ncnc21. The van der Waals surface area contributed by atoms with E-state index in [2.05, 4.69) is 25.6 Å². The van der Waals surface area contributed by atoms with Crippen LogP contribution in [0.2, 0.25) is 0 Å². The number of thioether (sulfide) groups is 1. The number of anilines is 1. The topological polar surface area (TPSA) is 104 Å². The summed E-state index contributed by atoms with van der Waals surface area (Å²) < 4.78 is 12.1. The van der Waals surface area contributed by atoms with Crippen LogP contribution in [0.1, 0.15) is 0 Å². The first-order valence-electron chi connectivity index (χ1n) is 7.03. The monoisotopic (exact) mass is 344 g/mol. The molecule has 0 unspecified atom stereocenters. The molecule has 0 aliphatic carbocycles. The van der Waals surface area contributed by atoms with E-state index in [0.29, 0.717) is 33.4 Å². The van der Waals surface area contributed by atoms with Crippen molar-refractivity contribution in [1.82, 2.24) is 25.0 Å². The molecule has 9 nitrogen and oxygen atoms in total. The molecule has 0 saturated carbocycles. The minimum absolute atomic E-state index is 0.158. The zero-order valence-corrected chi connectivity index (χ0v) is 13.4. The molecule has 1 aliphatic rings. The van der Waals surface area contributed by atoms with Crippen molar-refractivity contribution in [3.63, 3.8) is 0 Å². The second-order valence-corrected chi connectivity index (χ2v) is 5.93. The van der Waals surface area contributed by atoms with Gasteiger partial charge in [0.05, 0.1) is 5.75 Å². The van der Waals surface area contributed by atoms with Crippen molar-refractivity contribution < 1.29 is 14.3 Å². The summed E-state index contributed by atoms with van der Waals surface area (Å²) >= 11 is 1.28. The fourth-order valence-electron chi connectivity index (χ4n) is 2.24. The highest BCUT2D eigenvalue weighted by Gasteiger charge is 2.15. The van der Waals surface area contributed by atoms with Gasteiger partial charge in [-0.25, -0.2) is 14.6 Å². The Morgan fingerprint density at radius 3 is 3.12 bits per heavy atom. The minimum atomic E-state index is -0.158. The van der Waals surface area contributed by atoms with Gasteiger partial charge in [-0.15, -0.1) is 5.10 Å². The van der Waals surface area contributed by atoms with Crippen molar-refractivity contribution in [2.45, 2.75) is 5.03 Å². The number of ether oxygens (including phenoxy) is 2. The Labute approximate surface area is 140 Å². The van der Waals surface area contributed by atoms with Crippen LogP contribution in [-0.2, 0) is 11.8 Å². The zero-order chi connectivity index (χ0) is 16.5. The first-order valence-corrected chi connectivity index (χ1v) is 8.02. The van der Waals surface area contributed by atoms with E-state index in [1.807, 2.05) is 0 Å². The summed E-state index contributed by atoms with van der Waals surface area (Å²) in [5, 5.41) is 11.4. The van der Waals surface area contributed by atoms with Crippen LogP contribution >= 0.6 is 11.8 Å². The Bertz CT molecular complexity index is 928. The third-order valence-corrected chi connectivity index (χ3v) is 4.33. The molecule has 3 heterocycles. The van der Waals surface area contributed by atoms with Crippen LogP contribution in [0.25, 0.3) is 11.2 Å². The van der Waals surface area contributed by atoms with Crippen molar-refractivity contribution in [3.05, 3.63) is 24.5 Å². The number of hydrogen-bond donors (Lipinski definition) is 1. The molecule has 4 rings (SSSR count). The molecule has 24 heavy (non-hydrogen) atoms. The van der Waals surface area contributed by atoms with Crippen LogP contribution in [0.15, 0.2) is 29.6 Å². The smallest absolute Gasteiger partial charge is 0.234 e. The molecule has 3 aromatic rings. The van der Waals surface area contributed by atoms with E-state index < -0.39 is 0 Å². The summed E-state index contributed by atoms with van der Waals surface area (Å²) in [6.07, 6.45) is 1.43. The van der Waals surface area contributed by atoms with Crippen molar-refractivity contribution in [3.8, 4) is 11.5 Å². The number of hydrogen-bond acceptors (Lipinski definition) is 8. The fourth-order valence-corrected chi connectivity index (χ4v) is 2.97. The molecule has 1 aromatic carbocycles. The maximum absolute atomic E-state index is 12.1. The predicted molar refractivity (Wildman–Crippen MR) is 86.0 cm³/mol. The Morgan fingerprint density at radius 2 is 2.21 bits per heavy atom. The molecule has 0 spiro atoms. The Morgan fingerprint density at radius 1 is 1.33 bits per heavy atom. The van der Waals surface area contributed by atoms with Gasteiger partial charge in [0.1, 0.15) is 11.4 Å². The number of nitrogens with one attached hydrogen (secondary N) is 1. The van der Waals surface area contributed by atoms with Crippen LogP contribution in [0.3, 0.4) is 0 Å². The molecule has 1 N–H and O–H groups in total. The number of rotatable bonds is 4. The number of benzene rings is 1. The molecule has 1 aliphatic heterocycles. The van der Waals surface area contributed by atoms with E-state index in [1.165, 1.54) is 18.1 Å². The predicted octanol–water partition coefficient (Wildman–Crippen LogP) is 1.22. The van der Waals surface area contributed by atoms with E-state index >= 15 is 0 Å². The highest BCUT2D eigenvalue weighted by molar-refractivity contribution is 8.00. The highest BCUT2D eigenvalue weighted by Crippen LogP contribution is 2.34. The van der Waals surface area contributed by atoms with Gasteiger partial charge in [-0.3, -0.25) is 4.79 Å². The third-order valence-electron chi connectivity index (χ3n) is 3.35. The summed E-state index contributed by atoms with van der Waals surface area (Å²) in [7, 11) is 1.75. The normalized spacial score (nSPS) is 12.5. The average molecular weight is 344 g/mol. The highest BCUT2D eigenvalue weighted by atomic mass is 32.2. The van der Waals surface area contributed by atoms with Gasteiger partial charge in [0.2, 0.25) is 12.7 Å². The van der Waals surface area contributed by atoms with Gasteiger partial charge in [0.15, 0.2) is 22.7 Å². The summed E-state index contributed by atoms with van der Waals surface area (Å²) in [6, 6.07) is 5.26. The Hall–Kier alpha value is -2.88. The molecule has 0 fully saturated rings. The summed E-state index contributed by atoms with van der Waals surface area (Å²) in [6.45, 7) is 0.199. The largest absolute Gasteiger partial charge is 0.454 e. The second kappa shape index (κ2) is 5.96. The number of amides is 1. The molecule has 2 aromatic heterocycles. The lowest BCUT2D eigenvalue weighted by Crippen LogP contribution is -2.14. The van der Waals surface area contributed by atoms with Crippen LogP contribution in [0, 0.1) is 0 Å². The van der Waals surface area contributed by atoms with E-state index in [0.717, 1.165) is 0 Å². The van der Waals surface area contributed by atoms with Crippen molar-refractivity contribution in [2.75, 3.05) is 17.9 Å². The van der Waals surface area contributed by atoms with Gasteiger partial charge in [-0.05, 0) is 12.1 Å². The van der Waals surface area contributed by atoms with Crippen LogP contribution < -0.4 is 14.8 Å². The van der Waals surface area contributed by atoms with Crippen molar-refractivity contribution in [2.24, 2.45) is 7.05 Å². The molecule has 122 valence electrons. The van der Waals surface area contributed by atoms with Gasteiger partial charge in [-0.2, -0.15) is 0 Å². The van der Waals surface area contributed by atoms with Gasteiger partial charge in [0, 0.05) is 18.8 Å². The van der Waals surface area contributed by atoms with E-state index in [9.17, 15) is 4.79 Å². The lowest BCUT2D eigenvalue weighted by atomic mass is 10.3. The van der Waals surface area contributed by atoms with Gasteiger partial charge in [0.25, 0.3) is 0 Å².